The van der Waals surface area contributed by atoms with Gasteiger partial charge in [-0.25, -0.2) is 4.98 Å². The molecule has 4 heterocycles. The third-order valence-electron chi connectivity index (χ3n) is 5.25. The van der Waals surface area contributed by atoms with E-state index in [-0.39, 0.29) is 5.43 Å². The van der Waals surface area contributed by atoms with Crippen LogP contribution < -0.4 is 5.43 Å². The Kier molecular flexibility index (Phi) is 3.14. The van der Waals surface area contributed by atoms with Gasteiger partial charge in [0.1, 0.15) is 23.2 Å². The minimum absolute atomic E-state index is 0.112. The first-order chi connectivity index (χ1) is 14.2. The highest BCUT2D eigenvalue weighted by molar-refractivity contribution is 6.21. The van der Waals surface area contributed by atoms with E-state index in [1.165, 1.54) is 6.26 Å². The van der Waals surface area contributed by atoms with E-state index in [9.17, 15) is 4.79 Å². The molecule has 29 heavy (non-hydrogen) atoms. The molecule has 4 aromatic heterocycles. The average molecular weight is 378 g/mol. The highest BCUT2D eigenvalue weighted by atomic mass is 16.3. The van der Waals surface area contributed by atoms with Crippen LogP contribution in [0.1, 0.15) is 5.56 Å². The third-order valence-corrected chi connectivity index (χ3v) is 5.25. The molecule has 6 nitrogen and oxygen atoms in total. The molecule has 0 spiro atoms. The maximum atomic E-state index is 13.1. The van der Waals surface area contributed by atoms with Crippen LogP contribution in [0, 0.1) is 6.92 Å². The minimum atomic E-state index is -0.112. The van der Waals surface area contributed by atoms with Crippen LogP contribution in [0.25, 0.3) is 55.2 Å². The molecule has 1 N–H and O–H groups in total. The summed E-state index contributed by atoms with van der Waals surface area (Å²) >= 11 is 0. The molecule has 6 heteroatoms. The van der Waals surface area contributed by atoms with Gasteiger partial charge in [-0.1, -0.05) is 11.6 Å². The number of aromatic amines is 1. The van der Waals surface area contributed by atoms with Gasteiger partial charge in [0.15, 0.2) is 0 Å². The number of imidazole rings is 1. The van der Waals surface area contributed by atoms with E-state index in [0.717, 1.165) is 38.4 Å². The third kappa shape index (κ3) is 2.23. The summed E-state index contributed by atoms with van der Waals surface area (Å²) in [6, 6.07) is 13.3. The number of nitrogens with zero attached hydrogens (tertiary/aromatic N) is 3. The van der Waals surface area contributed by atoms with Crippen molar-refractivity contribution in [3.63, 3.8) is 0 Å². The van der Waals surface area contributed by atoms with Gasteiger partial charge in [0, 0.05) is 23.2 Å². The SMILES string of the molecule is Cc1ccc2occ(-c3nc4c5cccnc5c5ncccc5c4[nH]3)c(=O)c2c1. The maximum Gasteiger partial charge on any atom is 0.203 e. The summed E-state index contributed by atoms with van der Waals surface area (Å²) in [6.45, 7) is 1.95. The monoisotopic (exact) mass is 378 g/mol. The number of nitrogens with one attached hydrogen (secondary N) is 1. The first-order valence-corrected chi connectivity index (χ1v) is 9.24. The Balaban J connectivity index is 1.74. The number of hydrogen-bond acceptors (Lipinski definition) is 5. The summed E-state index contributed by atoms with van der Waals surface area (Å²) in [4.78, 5) is 30.3. The van der Waals surface area contributed by atoms with E-state index in [0.29, 0.717) is 22.4 Å². The molecule has 0 atom stereocenters. The van der Waals surface area contributed by atoms with Gasteiger partial charge >= 0.3 is 0 Å². The van der Waals surface area contributed by atoms with E-state index < -0.39 is 0 Å². The zero-order valence-electron chi connectivity index (χ0n) is 15.4. The summed E-state index contributed by atoms with van der Waals surface area (Å²) in [5, 5.41) is 2.34. The van der Waals surface area contributed by atoms with Crippen molar-refractivity contribution in [2.75, 3.05) is 0 Å². The standard InChI is InChI=1S/C23H14N4O2/c1-12-6-7-17-15(10-12)22(28)16(11-29-17)23-26-20-13-4-2-8-24-18(13)19-14(21(20)27-23)5-3-9-25-19/h2-11H,1H3,(H,26,27). The number of aryl methyl sites for hydroxylation is 1. The van der Waals surface area contributed by atoms with E-state index in [4.69, 9.17) is 9.40 Å². The van der Waals surface area contributed by atoms with Gasteiger partial charge in [-0.3, -0.25) is 14.8 Å². The lowest BCUT2D eigenvalue weighted by atomic mass is 10.1. The summed E-state index contributed by atoms with van der Waals surface area (Å²) in [6.07, 6.45) is 4.97. The highest BCUT2D eigenvalue weighted by Gasteiger charge is 2.17. The molecule has 0 aliphatic rings. The van der Waals surface area contributed by atoms with Crippen LogP contribution >= 0.6 is 0 Å². The molecule has 0 saturated carbocycles. The number of H-pyrrole nitrogens is 1. The molecule has 0 aliphatic carbocycles. The molecule has 0 bridgehead atoms. The Hall–Kier alpha value is -4.06. The fourth-order valence-electron chi connectivity index (χ4n) is 3.88. The fourth-order valence-corrected chi connectivity index (χ4v) is 3.88. The molecular weight excluding hydrogens is 364 g/mol. The Morgan fingerprint density at radius 1 is 0.897 bits per heavy atom. The molecule has 6 rings (SSSR count). The van der Waals surface area contributed by atoms with Crippen LogP contribution in [-0.2, 0) is 0 Å². The van der Waals surface area contributed by atoms with Gasteiger partial charge in [0.25, 0.3) is 0 Å². The Morgan fingerprint density at radius 3 is 2.48 bits per heavy atom. The number of pyridine rings is 2. The van der Waals surface area contributed by atoms with Gasteiger partial charge in [0.2, 0.25) is 5.43 Å². The highest BCUT2D eigenvalue weighted by Crippen LogP contribution is 2.32. The molecular formula is C23H14N4O2. The molecule has 0 unspecified atom stereocenters. The normalized spacial score (nSPS) is 11.8. The van der Waals surface area contributed by atoms with Crippen molar-refractivity contribution < 1.29 is 4.42 Å². The Morgan fingerprint density at radius 2 is 1.66 bits per heavy atom. The van der Waals surface area contributed by atoms with Crippen molar-refractivity contribution >= 4 is 43.8 Å². The quantitative estimate of drug-likeness (QED) is 0.418. The first-order valence-electron chi connectivity index (χ1n) is 9.24. The van der Waals surface area contributed by atoms with Crippen molar-refractivity contribution in [3.8, 4) is 11.4 Å². The van der Waals surface area contributed by atoms with Crippen molar-refractivity contribution in [3.05, 3.63) is 76.9 Å². The lowest BCUT2D eigenvalue weighted by molar-refractivity contribution is 0.604. The molecule has 2 aromatic carbocycles. The number of hydrogen-bond donors (Lipinski definition) is 1. The lowest BCUT2D eigenvalue weighted by Crippen LogP contribution is -2.05. The lowest BCUT2D eigenvalue weighted by Gasteiger charge is -2.03. The second kappa shape index (κ2) is 5.72. The first kappa shape index (κ1) is 15.9. The average Bonchev–Trinajstić information content (AvgIpc) is 3.20. The molecule has 6 aromatic rings. The predicted octanol–water partition coefficient (Wildman–Crippen LogP) is 4.74. The van der Waals surface area contributed by atoms with Crippen LogP contribution in [0.4, 0.5) is 0 Å². The number of fused-ring (bicyclic) bond motifs is 7. The summed E-state index contributed by atoms with van der Waals surface area (Å²) < 4.78 is 5.72. The van der Waals surface area contributed by atoms with Gasteiger partial charge < -0.3 is 9.40 Å². The largest absolute Gasteiger partial charge is 0.463 e. The number of rotatable bonds is 1. The van der Waals surface area contributed by atoms with Crippen molar-refractivity contribution in [2.24, 2.45) is 0 Å². The van der Waals surface area contributed by atoms with Crippen molar-refractivity contribution in [1.29, 1.82) is 0 Å². The van der Waals surface area contributed by atoms with Gasteiger partial charge in [-0.05, 0) is 43.3 Å². The molecule has 0 amide bonds. The molecule has 138 valence electrons. The topological polar surface area (TPSA) is 84.7 Å². The van der Waals surface area contributed by atoms with Gasteiger partial charge in [-0.2, -0.15) is 0 Å². The van der Waals surface area contributed by atoms with Crippen LogP contribution in [0.5, 0.6) is 0 Å². The van der Waals surface area contributed by atoms with E-state index >= 15 is 0 Å². The maximum absolute atomic E-state index is 13.1. The van der Waals surface area contributed by atoms with Crippen molar-refractivity contribution in [2.45, 2.75) is 6.92 Å². The zero-order valence-corrected chi connectivity index (χ0v) is 15.4. The van der Waals surface area contributed by atoms with Crippen LogP contribution in [0.3, 0.4) is 0 Å². The van der Waals surface area contributed by atoms with Gasteiger partial charge in [-0.15, -0.1) is 0 Å². The zero-order chi connectivity index (χ0) is 19.5. The van der Waals surface area contributed by atoms with E-state index in [1.54, 1.807) is 12.4 Å². The van der Waals surface area contributed by atoms with E-state index in [2.05, 4.69) is 15.0 Å². The van der Waals surface area contributed by atoms with Crippen molar-refractivity contribution in [1.82, 2.24) is 19.9 Å². The Bertz CT molecular complexity index is 1570. The smallest absolute Gasteiger partial charge is 0.203 e. The number of benzene rings is 2. The number of aromatic nitrogens is 4. The summed E-state index contributed by atoms with van der Waals surface area (Å²) in [5.74, 6) is 0.471. The van der Waals surface area contributed by atoms with Gasteiger partial charge in [0.05, 0.1) is 27.5 Å². The van der Waals surface area contributed by atoms with Crippen LogP contribution in [-0.4, -0.2) is 19.9 Å². The summed E-state index contributed by atoms with van der Waals surface area (Å²) in [7, 11) is 0. The summed E-state index contributed by atoms with van der Waals surface area (Å²) in [5.41, 5.74) is 5.01. The second-order valence-corrected chi connectivity index (χ2v) is 7.09. The fraction of sp³-hybridized carbons (Fsp3) is 0.0435. The van der Waals surface area contributed by atoms with E-state index in [1.807, 2.05) is 49.4 Å². The Labute approximate surface area is 163 Å². The minimum Gasteiger partial charge on any atom is -0.463 e. The second-order valence-electron chi connectivity index (χ2n) is 7.09. The predicted molar refractivity (Wildman–Crippen MR) is 113 cm³/mol. The van der Waals surface area contributed by atoms with Crippen LogP contribution in [0.15, 0.2) is 70.3 Å². The molecule has 0 aliphatic heterocycles. The molecule has 0 fully saturated rings. The van der Waals surface area contributed by atoms with Crippen LogP contribution in [0.2, 0.25) is 0 Å². The molecule has 0 radical (unpaired) electrons. The molecule has 0 saturated heterocycles.